The zero-order valence-electron chi connectivity index (χ0n) is 9.63. The van der Waals surface area contributed by atoms with Crippen molar-refractivity contribution in [3.63, 3.8) is 0 Å². The van der Waals surface area contributed by atoms with Crippen LogP contribution >= 0.6 is 12.4 Å². The maximum absolute atomic E-state index is 11.4. The van der Waals surface area contributed by atoms with Gasteiger partial charge in [0.2, 0.25) is 12.0 Å². The molecule has 0 bridgehead atoms. The van der Waals surface area contributed by atoms with E-state index in [1.807, 2.05) is 0 Å². The molecule has 0 spiro atoms. The average molecular weight is 269 g/mol. The maximum atomic E-state index is 11.4. The zero-order valence-corrected chi connectivity index (χ0v) is 10.5. The van der Waals surface area contributed by atoms with Gasteiger partial charge in [-0.1, -0.05) is 0 Å². The van der Waals surface area contributed by atoms with Gasteiger partial charge < -0.3 is 26.4 Å². The fraction of sp³-hybridized carbons (Fsp3) is 0.625. The molecule has 5 N–H and O–H groups in total. The molecule has 0 rings (SSSR count). The van der Waals surface area contributed by atoms with Gasteiger partial charge in [0.1, 0.15) is 0 Å². The first kappa shape index (κ1) is 17.7. The maximum Gasteiger partial charge on any atom is 0.340 e. The second-order valence-electron chi connectivity index (χ2n) is 2.60. The number of carbonyl (C=O) groups is 2. The van der Waals surface area contributed by atoms with Crippen LogP contribution in [0.5, 0.6) is 0 Å². The van der Waals surface area contributed by atoms with Gasteiger partial charge in [-0.05, 0) is 13.8 Å². The molecule has 0 atom stereocenters. The minimum atomic E-state index is -1.35. The summed E-state index contributed by atoms with van der Waals surface area (Å²) in [7, 11) is 0. The van der Waals surface area contributed by atoms with Crippen molar-refractivity contribution in [3.05, 3.63) is 0 Å². The van der Waals surface area contributed by atoms with Gasteiger partial charge in [0.05, 0.1) is 13.2 Å². The van der Waals surface area contributed by atoms with E-state index in [2.05, 4.69) is 19.9 Å². The van der Waals surface area contributed by atoms with Gasteiger partial charge in [-0.2, -0.15) is 0 Å². The van der Waals surface area contributed by atoms with Crippen molar-refractivity contribution in [1.29, 1.82) is 0 Å². The van der Waals surface area contributed by atoms with Crippen LogP contribution in [0.1, 0.15) is 13.8 Å². The summed E-state index contributed by atoms with van der Waals surface area (Å²) < 4.78 is 9.33. The minimum Gasteiger partial charge on any atom is -0.464 e. The number of hydrogen-bond donors (Lipinski definition) is 3. The van der Waals surface area contributed by atoms with Crippen molar-refractivity contribution >= 4 is 30.3 Å². The first-order chi connectivity index (χ1) is 7.56. The van der Waals surface area contributed by atoms with Gasteiger partial charge in [-0.3, -0.25) is 0 Å². The number of ether oxygens (including phenoxy) is 2. The van der Waals surface area contributed by atoms with Crippen molar-refractivity contribution in [1.82, 2.24) is 5.32 Å². The molecule has 0 fully saturated rings. The summed E-state index contributed by atoms with van der Waals surface area (Å²) in [6.07, 6.45) is 0. The van der Waals surface area contributed by atoms with E-state index in [4.69, 9.17) is 11.6 Å². The van der Waals surface area contributed by atoms with E-state index in [1.54, 1.807) is 13.8 Å². The number of hydrogen-bond acceptors (Lipinski definition) is 6. The minimum absolute atomic E-state index is 0. The second kappa shape index (κ2) is 9.52. The van der Waals surface area contributed by atoms with Gasteiger partial charge in [-0.15, -0.1) is 17.5 Å². The lowest BCUT2D eigenvalue weighted by Crippen LogP contribution is -2.51. The number of rotatable bonds is 5. The third-order valence-corrected chi connectivity index (χ3v) is 1.48. The number of guanidine groups is 1. The molecule has 0 amide bonds. The molecule has 17 heavy (non-hydrogen) atoms. The molecule has 0 aromatic heterocycles. The number of nitrogens with zero attached hydrogens (tertiary/aromatic N) is 1. The molecule has 8 nitrogen and oxygen atoms in total. The van der Waals surface area contributed by atoms with E-state index in [-0.39, 0.29) is 31.6 Å². The summed E-state index contributed by atoms with van der Waals surface area (Å²) in [6, 6.07) is -1.35. The normalized spacial score (nSPS) is 10.4. The quantitative estimate of drug-likeness (QED) is 0.141. The molecule has 0 aromatic rings. The summed E-state index contributed by atoms with van der Waals surface area (Å²) in [4.78, 5) is 22.7. The van der Waals surface area contributed by atoms with Gasteiger partial charge in [0.15, 0.2) is 0 Å². The van der Waals surface area contributed by atoms with Crippen LogP contribution in [0.2, 0.25) is 0 Å². The summed E-state index contributed by atoms with van der Waals surface area (Å²) in [5.41, 5.74) is 5.24. The van der Waals surface area contributed by atoms with Crippen LogP contribution in [0.25, 0.3) is 0 Å². The van der Waals surface area contributed by atoms with Crippen LogP contribution in [-0.2, 0) is 19.1 Å². The molecule has 0 aromatic carbocycles. The first-order valence-corrected chi connectivity index (χ1v) is 4.69. The van der Waals surface area contributed by atoms with Gasteiger partial charge in [-0.25, -0.2) is 9.59 Å². The highest BCUT2D eigenvalue weighted by atomic mass is 35.5. The molecule has 0 saturated carbocycles. The standard InChI is InChI=1S/C8H16N4O4.ClH/c1-3-15-6(13)5(7(14)16-4-2)11-8(9)12-10;/h5H,3-4,10H2,1-2H3,(H3,9,11,12);1H. The Morgan fingerprint density at radius 1 is 1.24 bits per heavy atom. The molecule has 9 heteroatoms. The van der Waals surface area contributed by atoms with Gasteiger partial charge in [0, 0.05) is 0 Å². The van der Waals surface area contributed by atoms with Crippen molar-refractivity contribution in [2.24, 2.45) is 16.7 Å². The molecule has 0 saturated heterocycles. The summed E-state index contributed by atoms with van der Waals surface area (Å²) in [5.74, 6) is 3.01. The van der Waals surface area contributed by atoms with E-state index in [9.17, 15) is 9.59 Å². The third-order valence-electron chi connectivity index (χ3n) is 1.48. The molecular formula is C8H17ClN4O4. The number of carbonyl (C=O) groups excluding carboxylic acids is 2. The highest BCUT2D eigenvalue weighted by Crippen LogP contribution is 1.94. The van der Waals surface area contributed by atoms with E-state index in [0.29, 0.717) is 0 Å². The highest BCUT2D eigenvalue weighted by Gasteiger charge is 2.29. The largest absolute Gasteiger partial charge is 0.464 e. The van der Waals surface area contributed by atoms with Crippen LogP contribution in [-0.4, -0.2) is 37.2 Å². The Balaban J connectivity index is 0. The predicted octanol–water partition coefficient (Wildman–Crippen LogP) is -1.32. The number of nitrogens with one attached hydrogen (secondary N) is 1. The Labute approximate surface area is 105 Å². The Bertz CT molecular complexity index is 267. The Morgan fingerprint density at radius 3 is 1.94 bits per heavy atom. The highest BCUT2D eigenvalue weighted by molar-refractivity contribution is 6.02. The van der Waals surface area contributed by atoms with Crippen LogP contribution < -0.4 is 16.9 Å². The van der Waals surface area contributed by atoms with E-state index >= 15 is 0 Å². The fourth-order valence-electron chi connectivity index (χ4n) is 0.850. The second-order valence-corrected chi connectivity index (χ2v) is 2.60. The molecule has 0 aliphatic carbocycles. The predicted molar refractivity (Wildman–Crippen MR) is 63.2 cm³/mol. The van der Waals surface area contributed by atoms with Gasteiger partial charge >= 0.3 is 11.9 Å². The monoisotopic (exact) mass is 268 g/mol. The summed E-state index contributed by atoms with van der Waals surface area (Å²) in [5, 5.41) is 5.37. The van der Waals surface area contributed by atoms with E-state index in [0.717, 1.165) is 0 Å². The Hall–Kier alpha value is -1.70. The Kier molecular flexibility index (Phi) is 9.91. The fourth-order valence-corrected chi connectivity index (χ4v) is 0.850. The van der Waals surface area contributed by atoms with E-state index < -0.39 is 18.0 Å². The molecule has 0 heterocycles. The molecule has 0 unspecified atom stereocenters. The van der Waals surface area contributed by atoms with Crippen LogP contribution in [0, 0.1) is 0 Å². The summed E-state index contributed by atoms with van der Waals surface area (Å²) in [6.45, 7) is 3.49. The summed E-state index contributed by atoms with van der Waals surface area (Å²) >= 11 is 0. The SMILES string of the molecule is CCOC(=O)C(NC(N)=NN)C(=O)OCC.Cl. The van der Waals surface area contributed by atoms with Crippen LogP contribution in [0.3, 0.4) is 0 Å². The zero-order chi connectivity index (χ0) is 12.6. The number of esters is 2. The van der Waals surface area contributed by atoms with Crippen molar-refractivity contribution < 1.29 is 19.1 Å². The number of nitrogens with two attached hydrogens (primary N) is 2. The van der Waals surface area contributed by atoms with Crippen LogP contribution in [0.4, 0.5) is 0 Å². The topological polar surface area (TPSA) is 129 Å². The smallest absolute Gasteiger partial charge is 0.340 e. The lowest BCUT2D eigenvalue weighted by atomic mass is 10.3. The lowest BCUT2D eigenvalue weighted by molar-refractivity contribution is -0.157. The van der Waals surface area contributed by atoms with Gasteiger partial charge in [0.25, 0.3) is 0 Å². The molecule has 0 radical (unpaired) electrons. The van der Waals surface area contributed by atoms with E-state index in [1.165, 1.54) is 0 Å². The molecular weight excluding hydrogens is 252 g/mol. The van der Waals surface area contributed by atoms with Crippen molar-refractivity contribution in [2.45, 2.75) is 19.9 Å². The van der Waals surface area contributed by atoms with Crippen molar-refractivity contribution in [3.8, 4) is 0 Å². The lowest BCUT2D eigenvalue weighted by Gasteiger charge is -2.15. The molecule has 100 valence electrons. The average Bonchev–Trinajstić information content (AvgIpc) is 2.25. The Morgan fingerprint density at radius 2 is 1.65 bits per heavy atom. The number of hydrazone groups is 1. The third kappa shape index (κ3) is 6.46. The molecule has 0 aliphatic heterocycles. The van der Waals surface area contributed by atoms with Crippen LogP contribution in [0.15, 0.2) is 5.10 Å². The molecule has 0 aliphatic rings. The first-order valence-electron chi connectivity index (χ1n) is 4.69. The number of halogens is 1. The van der Waals surface area contributed by atoms with Crippen molar-refractivity contribution in [2.75, 3.05) is 13.2 Å².